The summed E-state index contributed by atoms with van der Waals surface area (Å²) in [6.45, 7) is 2.80. The molecule has 2 amide bonds. The molecular weight excluding hydrogens is 266 g/mol. The minimum Gasteiger partial charge on any atom is -0.352 e. The highest BCUT2D eigenvalue weighted by molar-refractivity contribution is 5.94. The van der Waals surface area contributed by atoms with Gasteiger partial charge in [-0.25, -0.2) is 0 Å². The highest BCUT2D eigenvalue weighted by Crippen LogP contribution is 2.30. The summed E-state index contributed by atoms with van der Waals surface area (Å²) >= 11 is 0. The molecule has 1 aliphatic rings. The van der Waals surface area contributed by atoms with Crippen molar-refractivity contribution < 1.29 is 9.59 Å². The van der Waals surface area contributed by atoms with Crippen LogP contribution in [0.5, 0.6) is 0 Å². The van der Waals surface area contributed by atoms with Crippen molar-refractivity contribution in [1.29, 1.82) is 0 Å². The largest absolute Gasteiger partial charge is 0.352 e. The van der Waals surface area contributed by atoms with Crippen LogP contribution in [0.4, 0.5) is 5.69 Å². The van der Waals surface area contributed by atoms with E-state index in [1.807, 2.05) is 31.2 Å². The fraction of sp³-hybridized carbons (Fsp3) is 0.500. The van der Waals surface area contributed by atoms with Gasteiger partial charge >= 0.3 is 0 Å². The highest BCUT2D eigenvalue weighted by atomic mass is 16.2. The smallest absolute Gasteiger partial charge is 0.227 e. The lowest BCUT2D eigenvalue weighted by molar-refractivity contribution is -0.125. The molecule has 4 N–H and O–H groups in total. The van der Waals surface area contributed by atoms with Crippen LogP contribution in [0.3, 0.4) is 0 Å². The molecule has 0 heterocycles. The van der Waals surface area contributed by atoms with Crippen LogP contribution in [0.2, 0.25) is 0 Å². The lowest BCUT2D eigenvalue weighted by Crippen LogP contribution is -2.34. The van der Waals surface area contributed by atoms with Gasteiger partial charge in [0, 0.05) is 30.6 Å². The van der Waals surface area contributed by atoms with Gasteiger partial charge in [0.05, 0.1) is 0 Å². The fourth-order valence-corrected chi connectivity index (χ4v) is 2.09. The van der Waals surface area contributed by atoms with E-state index in [-0.39, 0.29) is 23.7 Å². The number of carbonyl (C=O) groups excluding carboxylic acids is 2. The Morgan fingerprint density at radius 3 is 2.48 bits per heavy atom. The number of hydrogen-bond donors (Lipinski definition) is 3. The van der Waals surface area contributed by atoms with E-state index in [4.69, 9.17) is 5.73 Å². The molecule has 1 aliphatic carbocycles. The van der Waals surface area contributed by atoms with Gasteiger partial charge in [-0.05, 0) is 37.0 Å². The molecule has 1 aromatic carbocycles. The summed E-state index contributed by atoms with van der Waals surface area (Å²) in [5.41, 5.74) is 7.35. The number of nitrogens with one attached hydrogen (secondary N) is 2. The second-order valence-corrected chi connectivity index (χ2v) is 5.52. The summed E-state index contributed by atoms with van der Waals surface area (Å²) in [6, 6.07) is 7.54. The van der Waals surface area contributed by atoms with Crippen molar-refractivity contribution in [1.82, 2.24) is 5.32 Å². The molecule has 0 aromatic heterocycles. The van der Waals surface area contributed by atoms with Crippen molar-refractivity contribution >= 4 is 17.5 Å². The number of hydrogen-bond acceptors (Lipinski definition) is 3. The fourth-order valence-electron chi connectivity index (χ4n) is 2.09. The van der Waals surface area contributed by atoms with E-state index in [0.717, 1.165) is 30.5 Å². The van der Waals surface area contributed by atoms with Crippen molar-refractivity contribution in [3.05, 3.63) is 29.8 Å². The monoisotopic (exact) mass is 289 g/mol. The molecule has 0 spiro atoms. The van der Waals surface area contributed by atoms with Gasteiger partial charge in [-0.3, -0.25) is 9.59 Å². The number of benzene rings is 1. The maximum Gasteiger partial charge on any atom is 0.227 e. The lowest BCUT2D eigenvalue weighted by Gasteiger charge is -2.13. The van der Waals surface area contributed by atoms with Gasteiger partial charge in [0.1, 0.15) is 0 Å². The van der Waals surface area contributed by atoms with Crippen LogP contribution in [0.25, 0.3) is 0 Å². The van der Waals surface area contributed by atoms with E-state index < -0.39 is 0 Å². The summed E-state index contributed by atoms with van der Waals surface area (Å²) < 4.78 is 0. The third-order valence-corrected chi connectivity index (χ3v) is 3.78. The molecule has 1 fully saturated rings. The van der Waals surface area contributed by atoms with Crippen molar-refractivity contribution in [2.45, 2.75) is 32.7 Å². The molecule has 0 bridgehead atoms. The van der Waals surface area contributed by atoms with E-state index in [2.05, 4.69) is 10.6 Å². The number of anilines is 1. The second kappa shape index (κ2) is 7.22. The van der Waals surface area contributed by atoms with E-state index in [1.54, 1.807) is 0 Å². The average molecular weight is 289 g/mol. The summed E-state index contributed by atoms with van der Waals surface area (Å²) in [5.74, 6) is 0.171. The highest BCUT2D eigenvalue weighted by Gasteiger charge is 2.29. The Labute approximate surface area is 125 Å². The number of nitrogens with two attached hydrogens (primary N) is 1. The van der Waals surface area contributed by atoms with Gasteiger partial charge in [0.15, 0.2) is 0 Å². The van der Waals surface area contributed by atoms with Crippen LogP contribution in [-0.4, -0.2) is 18.4 Å². The van der Waals surface area contributed by atoms with Crippen molar-refractivity contribution in [3.63, 3.8) is 0 Å². The van der Waals surface area contributed by atoms with Gasteiger partial charge in [0.2, 0.25) is 11.8 Å². The molecule has 114 valence electrons. The minimum atomic E-state index is -0.123. The zero-order chi connectivity index (χ0) is 15.2. The first-order valence-electron chi connectivity index (χ1n) is 7.51. The Kier molecular flexibility index (Phi) is 5.33. The molecule has 1 unspecified atom stereocenters. The molecule has 2 rings (SSSR count). The van der Waals surface area contributed by atoms with Gasteiger partial charge in [0.25, 0.3) is 0 Å². The van der Waals surface area contributed by atoms with E-state index in [9.17, 15) is 9.59 Å². The van der Waals surface area contributed by atoms with Gasteiger partial charge in [-0.1, -0.05) is 19.1 Å². The standard InChI is InChI=1S/C16H23N3O2/c1-2-12(9-17)15(20)18-10-11-3-7-14(8-4-11)19-16(21)13-5-6-13/h3-4,7-8,12-13H,2,5-6,9-10,17H2,1H3,(H,18,20)(H,19,21). The molecule has 5 heteroatoms. The summed E-state index contributed by atoms with van der Waals surface area (Å²) in [6.07, 6.45) is 2.74. The van der Waals surface area contributed by atoms with Crippen molar-refractivity contribution in [2.24, 2.45) is 17.6 Å². The van der Waals surface area contributed by atoms with Crippen LogP contribution < -0.4 is 16.4 Å². The number of amides is 2. The number of carbonyl (C=O) groups is 2. The Hall–Kier alpha value is -1.88. The SMILES string of the molecule is CCC(CN)C(=O)NCc1ccc(NC(=O)C2CC2)cc1. The summed E-state index contributed by atoms with van der Waals surface area (Å²) in [4.78, 5) is 23.5. The van der Waals surface area contributed by atoms with Crippen LogP contribution in [-0.2, 0) is 16.1 Å². The first kappa shape index (κ1) is 15.5. The maximum absolute atomic E-state index is 11.8. The van der Waals surface area contributed by atoms with Gasteiger partial charge < -0.3 is 16.4 Å². The van der Waals surface area contributed by atoms with Crippen molar-refractivity contribution in [3.8, 4) is 0 Å². The molecule has 21 heavy (non-hydrogen) atoms. The molecule has 0 saturated heterocycles. The molecule has 0 radical (unpaired) electrons. The quantitative estimate of drug-likeness (QED) is 0.713. The maximum atomic E-state index is 11.8. The van der Waals surface area contributed by atoms with Crippen molar-refractivity contribution in [2.75, 3.05) is 11.9 Å². The molecular formula is C16H23N3O2. The summed E-state index contributed by atoms with van der Waals surface area (Å²) in [7, 11) is 0. The zero-order valence-electron chi connectivity index (χ0n) is 12.4. The predicted molar refractivity (Wildman–Crippen MR) is 82.5 cm³/mol. The predicted octanol–water partition coefficient (Wildman–Crippen LogP) is 1.64. The van der Waals surface area contributed by atoms with Gasteiger partial charge in [-0.15, -0.1) is 0 Å². The zero-order valence-corrected chi connectivity index (χ0v) is 12.4. The van der Waals surface area contributed by atoms with E-state index in [1.165, 1.54) is 0 Å². The molecule has 1 atom stereocenters. The van der Waals surface area contributed by atoms with Gasteiger partial charge in [-0.2, -0.15) is 0 Å². The average Bonchev–Trinajstić information content (AvgIpc) is 3.32. The Balaban J connectivity index is 1.81. The third kappa shape index (κ3) is 4.56. The van der Waals surface area contributed by atoms with E-state index in [0.29, 0.717) is 13.1 Å². The first-order chi connectivity index (χ1) is 10.1. The molecule has 0 aliphatic heterocycles. The Bertz CT molecular complexity index is 491. The topological polar surface area (TPSA) is 84.2 Å². The van der Waals surface area contributed by atoms with Crippen LogP contribution in [0, 0.1) is 11.8 Å². The molecule has 5 nitrogen and oxygen atoms in total. The van der Waals surface area contributed by atoms with Crippen LogP contribution in [0.1, 0.15) is 31.7 Å². The Morgan fingerprint density at radius 2 is 1.95 bits per heavy atom. The van der Waals surface area contributed by atoms with E-state index >= 15 is 0 Å². The van der Waals surface area contributed by atoms with Crippen LogP contribution in [0.15, 0.2) is 24.3 Å². The number of rotatable bonds is 7. The summed E-state index contributed by atoms with van der Waals surface area (Å²) in [5, 5.41) is 5.77. The molecule has 1 saturated carbocycles. The van der Waals surface area contributed by atoms with Crippen LogP contribution >= 0.6 is 0 Å². The second-order valence-electron chi connectivity index (χ2n) is 5.52. The Morgan fingerprint density at radius 1 is 1.29 bits per heavy atom. The molecule has 1 aromatic rings. The normalized spacial score (nSPS) is 15.3. The lowest BCUT2D eigenvalue weighted by atomic mass is 10.1. The first-order valence-corrected chi connectivity index (χ1v) is 7.51. The third-order valence-electron chi connectivity index (χ3n) is 3.78. The minimum absolute atomic E-state index is 0.00823.